The number of aliphatic carboxylic acids is 1. The van der Waals surface area contributed by atoms with Gasteiger partial charge in [-0.3, -0.25) is 9.78 Å². The molecule has 17 heavy (non-hydrogen) atoms. The van der Waals surface area contributed by atoms with Gasteiger partial charge in [-0.1, -0.05) is 30.3 Å². The second-order valence-electron chi connectivity index (χ2n) is 3.77. The van der Waals surface area contributed by atoms with Gasteiger partial charge < -0.3 is 5.11 Å². The van der Waals surface area contributed by atoms with Crippen LogP contribution in [0.15, 0.2) is 48.7 Å². The molecule has 86 valence electrons. The Morgan fingerprint density at radius 3 is 2.59 bits per heavy atom. The first-order valence-corrected chi connectivity index (χ1v) is 5.48. The zero-order chi connectivity index (χ0) is 12.1. The number of hydrogen-bond acceptors (Lipinski definition) is 2. The number of aromatic nitrogens is 1. The minimum absolute atomic E-state index is 0.143. The van der Waals surface area contributed by atoms with Gasteiger partial charge in [-0.05, 0) is 24.1 Å². The SMILES string of the molecule is O=C(O)CCc1ccccc1-c1ccccn1. The molecule has 0 saturated carbocycles. The zero-order valence-electron chi connectivity index (χ0n) is 9.34. The molecule has 2 aromatic rings. The summed E-state index contributed by atoms with van der Waals surface area (Å²) >= 11 is 0. The van der Waals surface area contributed by atoms with E-state index in [4.69, 9.17) is 5.11 Å². The van der Waals surface area contributed by atoms with Gasteiger partial charge in [-0.2, -0.15) is 0 Å². The fraction of sp³-hybridized carbons (Fsp3) is 0.143. The predicted molar refractivity (Wildman–Crippen MR) is 65.6 cm³/mol. The van der Waals surface area contributed by atoms with E-state index < -0.39 is 5.97 Å². The Morgan fingerprint density at radius 2 is 1.88 bits per heavy atom. The summed E-state index contributed by atoms with van der Waals surface area (Å²) in [5.74, 6) is -0.777. The Hall–Kier alpha value is -2.16. The lowest BCUT2D eigenvalue weighted by atomic mass is 10.00. The van der Waals surface area contributed by atoms with E-state index in [0.29, 0.717) is 6.42 Å². The van der Waals surface area contributed by atoms with Crippen LogP contribution in [0.2, 0.25) is 0 Å². The van der Waals surface area contributed by atoms with Crippen LogP contribution in [-0.4, -0.2) is 16.1 Å². The molecular formula is C14H13NO2. The third-order valence-electron chi connectivity index (χ3n) is 2.57. The molecule has 2 rings (SSSR count). The number of hydrogen-bond donors (Lipinski definition) is 1. The Balaban J connectivity index is 2.31. The molecule has 0 saturated heterocycles. The van der Waals surface area contributed by atoms with Gasteiger partial charge in [0.1, 0.15) is 0 Å². The Bertz CT molecular complexity index is 509. The number of nitrogens with zero attached hydrogens (tertiary/aromatic N) is 1. The molecule has 0 amide bonds. The van der Waals surface area contributed by atoms with Crippen LogP contribution in [0.5, 0.6) is 0 Å². The van der Waals surface area contributed by atoms with E-state index in [0.717, 1.165) is 16.8 Å². The fourth-order valence-electron chi connectivity index (χ4n) is 1.75. The number of carboxylic acids is 1. The summed E-state index contributed by atoms with van der Waals surface area (Å²) in [5.41, 5.74) is 2.91. The molecule has 0 radical (unpaired) electrons. The highest BCUT2D eigenvalue weighted by atomic mass is 16.4. The summed E-state index contributed by atoms with van der Waals surface area (Å²) in [6, 6.07) is 13.5. The minimum Gasteiger partial charge on any atom is -0.481 e. The van der Waals surface area contributed by atoms with Crippen molar-refractivity contribution in [2.24, 2.45) is 0 Å². The molecule has 0 aliphatic carbocycles. The van der Waals surface area contributed by atoms with Gasteiger partial charge in [-0.15, -0.1) is 0 Å². The van der Waals surface area contributed by atoms with E-state index >= 15 is 0 Å². The van der Waals surface area contributed by atoms with E-state index in [1.165, 1.54) is 0 Å². The quantitative estimate of drug-likeness (QED) is 0.873. The van der Waals surface area contributed by atoms with Crippen LogP contribution in [0.25, 0.3) is 11.3 Å². The Morgan fingerprint density at radius 1 is 1.12 bits per heavy atom. The first kappa shape index (κ1) is 11.3. The molecule has 1 aromatic heterocycles. The normalized spacial score (nSPS) is 10.1. The smallest absolute Gasteiger partial charge is 0.303 e. The lowest BCUT2D eigenvalue weighted by Gasteiger charge is -2.07. The molecule has 3 nitrogen and oxygen atoms in total. The van der Waals surface area contributed by atoms with Crippen LogP contribution < -0.4 is 0 Å². The molecule has 0 bridgehead atoms. The number of aryl methyl sites for hydroxylation is 1. The predicted octanol–water partition coefficient (Wildman–Crippen LogP) is 2.77. The molecule has 1 N–H and O–H groups in total. The first-order chi connectivity index (χ1) is 8.27. The van der Waals surface area contributed by atoms with Gasteiger partial charge in [0.25, 0.3) is 0 Å². The van der Waals surface area contributed by atoms with Crippen LogP contribution in [0.3, 0.4) is 0 Å². The minimum atomic E-state index is -0.777. The van der Waals surface area contributed by atoms with E-state index in [2.05, 4.69) is 4.98 Å². The lowest BCUT2D eigenvalue weighted by molar-refractivity contribution is -0.136. The van der Waals surface area contributed by atoms with Crippen molar-refractivity contribution in [3.05, 3.63) is 54.2 Å². The van der Waals surface area contributed by atoms with Crippen molar-refractivity contribution in [3.63, 3.8) is 0 Å². The molecule has 0 aliphatic rings. The molecule has 0 spiro atoms. The highest BCUT2D eigenvalue weighted by Gasteiger charge is 2.06. The van der Waals surface area contributed by atoms with Crippen molar-refractivity contribution in [1.82, 2.24) is 4.98 Å². The molecule has 0 unspecified atom stereocenters. The molecule has 0 atom stereocenters. The summed E-state index contributed by atoms with van der Waals surface area (Å²) in [4.78, 5) is 14.9. The average molecular weight is 227 g/mol. The van der Waals surface area contributed by atoms with Gasteiger partial charge in [-0.25, -0.2) is 0 Å². The fourth-order valence-corrected chi connectivity index (χ4v) is 1.75. The molecule has 0 aliphatic heterocycles. The summed E-state index contributed by atoms with van der Waals surface area (Å²) in [6.07, 6.45) is 2.41. The number of carbonyl (C=O) groups is 1. The average Bonchev–Trinajstić information content (AvgIpc) is 2.38. The van der Waals surface area contributed by atoms with Gasteiger partial charge >= 0.3 is 5.97 Å². The van der Waals surface area contributed by atoms with Gasteiger partial charge in [0.15, 0.2) is 0 Å². The maximum absolute atomic E-state index is 10.6. The van der Waals surface area contributed by atoms with Crippen LogP contribution in [-0.2, 0) is 11.2 Å². The summed E-state index contributed by atoms with van der Waals surface area (Å²) < 4.78 is 0. The van der Waals surface area contributed by atoms with Gasteiger partial charge in [0, 0.05) is 18.2 Å². The number of rotatable bonds is 4. The van der Waals surface area contributed by atoms with E-state index in [1.54, 1.807) is 6.20 Å². The number of benzene rings is 1. The van der Waals surface area contributed by atoms with Crippen LogP contribution in [0, 0.1) is 0 Å². The van der Waals surface area contributed by atoms with Crippen LogP contribution in [0.4, 0.5) is 0 Å². The lowest BCUT2D eigenvalue weighted by Crippen LogP contribution is -1.99. The van der Waals surface area contributed by atoms with Crippen molar-refractivity contribution < 1.29 is 9.90 Å². The van der Waals surface area contributed by atoms with Crippen molar-refractivity contribution in [1.29, 1.82) is 0 Å². The van der Waals surface area contributed by atoms with Crippen LogP contribution in [0.1, 0.15) is 12.0 Å². The van der Waals surface area contributed by atoms with E-state index in [1.807, 2.05) is 42.5 Å². The third kappa shape index (κ3) is 2.91. The second-order valence-corrected chi connectivity index (χ2v) is 3.77. The van der Waals surface area contributed by atoms with Crippen molar-refractivity contribution in [3.8, 4) is 11.3 Å². The van der Waals surface area contributed by atoms with E-state index in [9.17, 15) is 4.79 Å². The molecule has 1 heterocycles. The molecule has 1 aromatic carbocycles. The van der Waals surface area contributed by atoms with Crippen molar-refractivity contribution >= 4 is 5.97 Å². The maximum Gasteiger partial charge on any atom is 0.303 e. The standard InChI is InChI=1S/C14H13NO2/c16-14(17)9-8-11-5-1-2-6-12(11)13-7-3-4-10-15-13/h1-7,10H,8-9H2,(H,16,17). The number of carboxylic acid groups (broad SMARTS) is 1. The largest absolute Gasteiger partial charge is 0.481 e. The first-order valence-electron chi connectivity index (χ1n) is 5.48. The highest BCUT2D eigenvalue weighted by molar-refractivity contribution is 5.69. The Kier molecular flexibility index (Phi) is 3.50. The van der Waals surface area contributed by atoms with Crippen LogP contribution >= 0.6 is 0 Å². The maximum atomic E-state index is 10.6. The third-order valence-corrected chi connectivity index (χ3v) is 2.57. The van der Waals surface area contributed by atoms with Gasteiger partial charge in [0.05, 0.1) is 5.69 Å². The monoisotopic (exact) mass is 227 g/mol. The number of pyridine rings is 1. The topological polar surface area (TPSA) is 50.2 Å². The molecule has 0 fully saturated rings. The summed E-state index contributed by atoms with van der Waals surface area (Å²) in [7, 11) is 0. The van der Waals surface area contributed by atoms with Gasteiger partial charge in [0.2, 0.25) is 0 Å². The summed E-state index contributed by atoms with van der Waals surface area (Å²) in [5, 5.41) is 8.72. The second kappa shape index (κ2) is 5.25. The Labute approximate surface area is 99.8 Å². The molecule has 3 heteroatoms. The molecular weight excluding hydrogens is 214 g/mol. The summed E-state index contributed by atoms with van der Waals surface area (Å²) in [6.45, 7) is 0. The van der Waals surface area contributed by atoms with E-state index in [-0.39, 0.29) is 6.42 Å². The highest BCUT2D eigenvalue weighted by Crippen LogP contribution is 2.22. The zero-order valence-corrected chi connectivity index (χ0v) is 9.34. The van der Waals surface area contributed by atoms with Crippen molar-refractivity contribution in [2.75, 3.05) is 0 Å². The van der Waals surface area contributed by atoms with Crippen molar-refractivity contribution in [2.45, 2.75) is 12.8 Å².